The first kappa shape index (κ1) is 25.8. The molecule has 0 aliphatic carbocycles. The van der Waals surface area contributed by atoms with Crippen molar-refractivity contribution in [3.8, 4) is 0 Å². The van der Waals surface area contributed by atoms with Crippen LogP contribution in [0.4, 0.5) is 0 Å². The van der Waals surface area contributed by atoms with Gasteiger partial charge in [0, 0.05) is 0 Å². The highest BCUT2D eigenvalue weighted by molar-refractivity contribution is 5.97. The van der Waals surface area contributed by atoms with Gasteiger partial charge in [-0.1, -0.05) is 13.8 Å². The Bertz CT molecular complexity index is 720. The third kappa shape index (κ3) is 8.58. The zero-order valence-electron chi connectivity index (χ0n) is 17.3. The predicted molar refractivity (Wildman–Crippen MR) is 105 cm³/mol. The Balaban J connectivity index is 2.94. The van der Waals surface area contributed by atoms with E-state index in [1.54, 1.807) is 13.8 Å². The second-order valence-corrected chi connectivity index (χ2v) is 7.61. The molecule has 13 nitrogen and oxygen atoms in total. The van der Waals surface area contributed by atoms with Crippen LogP contribution in [0.2, 0.25) is 0 Å². The quantitative estimate of drug-likeness (QED) is 0.166. The van der Waals surface area contributed by atoms with Crippen molar-refractivity contribution >= 4 is 35.6 Å². The highest BCUT2D eigenvalue weighted by Gasteiger charge is 2.33. The van der Waals surface area contributed by atoms with E-state index in [0.29, 0.717) is 13.0 Å². The van der Waals surface area contributed by atoms with Gasteiger partial charge in [-0.2, -0.15) is 0 Å². The number of carbonyl (C=O) groups excluding carboxylic acids is 4. The minimum Gasteiger partial charge on any atom is -0.481 e. The van der Waals surface area contributed by atoms with E-state index >= 15 is 0 Å². The normalized spacial score (nSPS) is 18.5. The minimum absolute atomic E-state index is 0.496. The maximum Gasteiger partial charge on any atom is 0.326 e. The molecule has 8 N–H and O–H groups in total. The van der Waals surface area contributed by atoms with Gasteiger partial charge < -0.3 is 37.2 Å². The fourth-order valence-electron chi connectivity index (χ4n) is 3.01. The second kappa shape index (κ2) is 11.8. The summed E-state index contributed by atoms with van der Waals surface area (Å²) >= 11 is 0. The summed E-state index contributed by atoms with van der Waals surface area (Å²) in [6.07, 6.45) is -0.153. The van der Waals surface area contributed by atoms with Crippen LogP contribution in [0, 0.1) is 5.92 Å². The lowest BCUT2D eigenvalue weighted by Gasteiger charge is -2.25. The summed E-state index contributed by atoms with van der Waals surface area (Å²) in [6, 6.07) is -4.93. The summed E-state index contributed by atoms with van der Waals surface area (Å²) in [7, 11) is 0. The molecule has 4 amide bonds. The zero-order chi connectivity index (χ0) is 23.7. The molecule has 1 heterocycles. The van der Waals surface area contributed by atoms with Gasteiger partial charge in [-0.05, 0) is 25.3 Å². The molecule has 31 heavy (non-hydrogen) atoms. The molecular formula is C18H29N5O8. The topological polar surface area (TPSA) is 217 Å². The highest BCUT2D eigenvalue weighted by Crippen LogP contribution is 2.07. The molecule has 1 saturated heterocycles. The molecule has 0 aromatic rings. The van der Waals surface area contributed by atoms with Gasteiger partial charge in [0.25, 0.3) is 0 Å². The van der Waals surface area contributed by atoms with E-state index in [2.05, 4.69) is 21.3 Å². The van der Waals surface area contributed by atoms with Crippen LogP contribution in [0.25, 0.3) is 0 Å². The molecule has 4 atom stereocenters. The average Bonchev–Trinajstić information content (AvgIpc) is 3.18. The molecule has 0 radical (unpaired) electrons. The van der Waals surface area contributed by atoms with E-state index in [1.807, 2.05) is 0 Å². The molecule has 1 rings (SSSR count). The number of hydrogen-bond acceptors (Lipinski definition) is 7. The number of hydrogen-bond donors (Lipinski definition) is 7. The Kier molecular flexibility index (Phi) is 9.86. The summed E-state index contributed by atoms with van der Waals surface area (Å²) in [6.45, 7) is 3.71. The van der Waals surface area contributed by atoms with Crippen molar-refractivity contribution in [2.45, 2.75) is 63.7 Å². The Morgan fingerprint density at radius 2 is 1.55 bits per heavy atom. The van der Waals surface area contributed by atoms with E-state index in [1.165, 1.54) is 0 Å². The standard InChI is InChI=1S/C18H29N5O8/c1-8(2)14(18(30)31)23-17(29)10(6-12(19)24)21-16(28)11(7-13(25)26)22-15(27)9-4-3-5-20-9/h8-11,14,20H,3-7H2,1-2H3,(H2,19,24)(H,21,28)(H,22,27)(H,23,29)(H,25,26)(H,30,31). The number of primary amides is 1. The van der Waals surface area contributed by atoms with Crippen molar-refractivity contribution in [2.75, 3.05) is 6.54 Å². The van der Waals surface area contributed by atoms with Crippen LogP contribution in [-0.4, -0.2) is 76.5 Å². The van der Waals surface area contributed by atoms with Gasteiger partial charge in [0.1, 0.15) is 18.1 Å². The molecule has 1 fully saturated rings. The molecule has 1 aliphatic rings. The molecule has 0 spiro atoms. The first-order valence-electron chi connectivity index (χ1n) is 9.79. The van der Waals surface area contributed by atoms with E-state index in [0.717, 1.165) is 6.42 Å². The van der Waals surface area contributed by atoms with Crippen LogP contribution in [0.3, 0.4) is 0 Å². The Labute approximate surface area is 178 Å². The Hall–Kier alpha value is -3.22. The largest absolute Gasteiger partial charge is 0.481 e. The summed E-state index contributed by atoms with van der Waals surface area (Å²) < 4.78 is 0. The van der Waals surface area contributed by atoms with Crippen LogP contribution < -0.4 is 27.0 Å². The maximum atomic E-state index is 12.6. The minimum atomic E-state index is -1.55. The number of nitrogens with two attached hydrogens (primary N) is 1. The van der Waals surface area contributed by atoms with Gasteiger partial charge >= 0.3 is 11.9 Å². The summed E-state index contributed by atoms with van der Waals surface area (Å²) in [4.78, 5) is 71.2. The number of carboxylic acids is 2. The third-order valence-electron chi connectivity index (χ3n) is 4.66. The first-order chi connectivity index (χ1) is 14.4. The molecular weight excluding hydrogens is 414 g/mol. The van der Waals surface area contributed by atoms with Gasteiger partial charge in [-0.15, -0.1) is 0 Å². The number of amides is 4. The predicted octanol–water partition coefficient (Wildman–Crippen LogP) is -2.72. The SMILES string of the molecule is CC(C)C(NC(=O)C(CC(N)=O)NC(=O)C(CC(=O)O)NC(=O)C1CCCN1)C(=O)O. The fraction of sp³-hybridized carbons (Fsp3) is 0.667. The van der Waals surface area contributed by atoms with Crippen molar-refractivity contribution in [1.82, 2.24) is 21.3 Å². The lowest BCUT2D eigenvalue weighted by molar-refractivity contribution is -0.144. The number of nitrogens with one attached hydrogen (secondary N) is 4. The van der Waals surface area contributed by atoms with Crippen LogP contribution in [0.1, 0.15) is 39.5 Å². The van der Waals surface area contributed by atoms with Crippen molar-refractivity contribution in [1.29, 1.82) is 0 Å². The van der Waals surface area contributed by atoms with E-state index in [9.17, 15) is 33.9 Å². The zero-order valence-corrected chi connectivity index (χ0v) is 17.3. The molecule has 0 bridgehead atoms. The number of carboxylic acid groups (broad SMARTS) is 2. The van der Waals surface area contributed by atoms with Crippen molar-refractivity contribution in [3.63, 3.8) is 0 Å². The second-order valence-electron chi connectivity index (χ2n) is 7.61. The van der Waals surface area contributed by atoms with Crippen molar-refractivity contribution in [2.24, 2.45) is 11.7 Å². The molecule has 0 saturated carbocycles. The Morgan fingerprint density at radius 1 is 0.968 bits per heavy atom. The van der Waals surface area contributed by atoms with Crippen molar-refractivity contribution in [3.05, 3.63) is 0 Å². The monoisotopic (exact) mass is 443 g/mol. The molecule has 174 valence electrons. The molecule has 1 aliphatic heterocycles. The molecule has 0 aromatic heterocycles. The smallest absolute Gasteiger partial charge is 0.326 e. The van der Waals surface area contributed by atoms with Gasteiger partial charge in [-0.25, -0.2) is 4.79 Å². The lowest BCUT2D eigenvalue weighted by Crippen LogP contribution is -2.58. The molecule has 4 unspecified atom stereocenters. The van der Waals surface area contributed by atoms with Gasteiger partial charge in [0.05, 0.1) is 18.9 Å². The molecule has 13 heteroatoms. The van der Waals surface area contributed by atoms with E-state index < -0.39 is 78.5 Å². The van der Waals surface area contributed by atoms with Gasteiger partial charge in [0.2, 0.25) is 23.6 Å². The summed E-state index contributed by atoms with van der Waals surface area (Å²) in [5, 5.41) is 27.9. The summed E-state index contributed by atoms with van der Waals surface area (Å²) in [5.74, 6) is -6.71. The number of rotatable bonds is 12. The first-order valence-corrected chi connectivity index (χ1v) is 9.79. The van der Waals surface area contributed by atoms with Crippen LogP contribution in [-0.2, 0) is 28.8 Å². The number of carbonyl (C=O) groups is 6. The van der Waals surface area contributed by atoms with Crippen LogP contribution >= 0.6 is 0 Å². The lowest BCUT2D eigenvalue weighted by atomic mass is 10.0. The van der Waals surface area contributed by atoms with Crippen LogP contribution in [0.15, 0.2) is 0 Å². The van der Waals surface area contributed by atoms with E-state index in [-0.39, 0.29) is 0 Å². The van der Waals surface area contributed by atoms with Crippen molar-refractivity contribution < 1.29 is 39.0 Å². The maximum absolute atomic E-state index is 12.6. The highest BCUT2D eigenvalue weighted by atomic mass is 16.4. The Morgan fingerprint density at radius 3 is 2.00 bits per heavy atom. The van der Waals surface area contributed by atoms with Gasteiger partial charge in [0.15, 0.2) is 0 Å². The average molecular weight is 443 g/mol. The van der Waals surface area contributed by atoms with E-state index in [4.69, 9.17) is 10.8 Å². The van der Waals surface area contributed by atoms with Crippen LogP contribution in [0.5, 0.6) is 0 Å². The third-order valence-corrected chi connectivity index (χ3v) is 4.66. The molecule has 0 aromatic carbocycles. The number of aliphatic carboxylic acids is 2. The fourth-order valence-corrected chi connectivity index (χ4v) is 3.01. The van der Waals surface area contributed by atoms with Gasteiger partial charge in [-0.3, -0.25) is 24.0 Å². The summed E-state index contributed by atoms with van der Waals surface area (Å²) in [5.41, 5.74) is 5.12.